The average molecular weight is 748 g/mol. The molecule has 6 heteroatoms. The smallest absolute Gasteiger partial charge is 0.101 e. The van der Waals surface area contributed by atoms with E-state index in [0.29, 0.717) is 0 Å². The molecule has 0 aliphatic rings. The summed E-state index contributed by atoms with van der Waals surface area (Å²) >= 11 is 5.62. The van der Waals surface area contributed by atoms with Gasteiger partial charge in [-0.3, -0.25) is 0 Å². The number of thiophene rings is 3. The highest BCUT2D eigenvalue weighted by Gasteiger charge is 2.25. The van der Waals surface area contributed by atoms with Gasteiger partial charge in [-0.25, -0.2) is 0 Å². The third kappa shape index (κ3) is 5.81. The van der Waals surface area contributed by atoms with Crippen LogP contribution in [0.5, 0.6) is 0 Å². The van der Waals surface area contributed by atoms with Crippen molar-refractivity contribution in [1.29, 1.82) is 0 Å². The summed E-state index contributed by atoms with van der Waals surface area (Å²) in [6.07, 6.45) is 0. The van der Waals surface area contributed by atoms with Crippen LogP contribution in [-0.4, -0.2) is 0 Å². The molecule has 10 rings (SSSR count). The van der Waals surface area contributed by atoms with Crippen LogP contribution in [0.4, 0.5) is 49.1 Å². The number of hydrogen-bond donors (Lipinski definition) is 0. The Morgan fingerprint density at radius 2 is 0.426 bits per heavy atom. The summed E-state index contributed by atoms with van der Waals surface area (Å²) in [5, 5.41) is 7.39. The number of nitrogens with zero attached hydrogens (tertiary/aromatic N) is 3. The van der Waals surface area contributed by atoms with Gasteiger partial charge in [0.25, 0.3) is 0 Å². The minimum absolute atomic E-state index is 1.14. The van der Waals surface area contributed by atoms with E-state index in [9.17, 15) is 0 Å². The van der Waals surface area contributed by atoms with E-state index in [1.54, 1.807) is 0 Å². The van der Waals surface area contributed by atoms with Crippen LogP contribution in [0.3, 0.4) is 0 Å². The zero-order chi connectivity index (χ0) is 35.8. The van der Waals surface area contributed by atoms with Crippen LogP contribution in [0.15, 0.2) is 200 Å². The van der Waals surface area contributed by atoms with E-state index in [1.807, 2.05) is 34.0 Å². The SMILES string of the molecule is c1ccc(N(c2ccccc2)c2cc3c(s2)c2cc(N(c4ccccc4)c4ccccc4)sc2c2cc(N(c4ccccc4)c4ccccc4)sc32)cc1. The minimum Gasteiger partial charge on any atom is -0.302 e. The molecule has 0 spiro atoms. The Hall–Kier alpha value is -6.18. The largest absolute Gasteiger partial charge is 0.302 e. The topological polar surface area (TPSA) is 9.72 Å². The lowest BCUT2D eigenvalue weighted by molar-refractivity contribution is 1.32. The lowest BCUT2D eigenvalue weighted by Crippen LogP contribution is -2.07. The van der Waals surface area contributed by atoms with E-state index in [2.05, 4.69) is 215 Å². The Bertz CT molecular complexity index is 2290. The van der Waals surface area contributed by atoms with Crippen molar-refractivity contribution in [2.45, 2.75) is 0 Å². The molecule has 3 aromatic heterocycles. The fourth-order valence-corrected chi connectivity index (χ4v) is 11.1. The molecule has 10 aromatic rings. The average Bonchev–Trinajstić information content (AvgIpc) is 3.99. The summed E-state index contributed by atoms with van der Waals surface area (Å²) in [6.45, 7) is 0. The van der Waals surface area contributed by atoms with Gasteiger partial charge in [0.1, 0.15) is 15.0 Å². The van der Waals surface area contributed by atoms with Crippen molar-refractivity contribution in [3.8, 4) is 0 Å². The van der Waals surface area contributed by atoms with Gasteiger partial charge in [0.15, 0.2) is 0 Å². The summed E-state index contributed by atoms with van der Waals surface area (Å²) in [5.74, 6) is 0. The van der Waals surface area contributed by atoms with Crippen molar-refractivity contribution in [3.05, 3.63) is 200 Å². The number of anilines is 9. The molecule has 0 fully saturated rings. The van der Waals surface area contributed by atoms with Crippen molar-refractivity contribution in [3.63, 3.8) is 0 Å². The number of rotatable bonds is 9. The first kappa shape index (κ1) is 32.5. The van der Waals surface area contributed by atoms with E-state index >= 15 is 0 Å². The summed E-state index contributed by atoms with van der Waals surface area (Å²) in [7, 11) is 0. The monoisotopic (exact) mass is 747 g/mol. The molecule has 0 N–H and O–H groups in total. The van der Waals surface area contributed by atoms with Gasteiger partial charge in [0.2, 0.25) is 0 Å². The van der Waals surface area contributed by atoms with Gasteiger partial charge in [-0.05, 0) is 91.0 Å². The Morgan fingerprint density at radius 1 is 0.241 bits per heavy atom. The van der Waals surface area contributed by atoms with Crippen LogP contribution >= 0.6 is 34.0 Å². The predicted octanol–water partition coefficient (Wildman–Crippen LogP) is 15.7. The van der Waals surface area contributed by atoms with Crippen LogP contribution < -0.4 is 14.7 Å². The summed E-state index contributed by atoms with van der Waals surface area (Å²) in [4.78, 5) is 7.18. The van der Waals surface area contributed by atoms with Gasteiger partial charge in [-0.1, -0.05) is 109 Å². The van der Waals surface area contributed by atoms with E-state index in [0.717, 1.165) is 34.1 Å². The molecule has 0 aliphatic carbocycles. The first-order valence-electron chi connectivity index (χ1n) is 17.9. The van der Waals surface area contributed by atoms with E-state index in [1.165, 1.54) is 45.3 Å². The molecule has 0 unspecified atom stereocenters. The van der Waals surface area contributed by atoms with Crippen molar-refractivity contribution in [1.82, 2.24) is 0 Å². The zero-order valence-electron chi connectivity index (χ0n) is 29.1. The predicted molar refractivity (Wildman–Crippen MR) is 237 cm³/mol. The summed E-state index contributed by atoms with van der Waals surface area (Å²) in [6, 6.07) is 71.6. The second-order valence-corrected chi connectivity index (χ2v) is 16.1. The minimum atomic E-state index is 1.14. The van der Waals surface area contributed by atoms with Gasteiger partial charge in [-0.2, -0.15) is 0 Å². The second kappa shape index (κ2) is 14.0. The van der Waals surface area contributed by atoms with Crippen molar-refractivity contribution >= 4 is 113 Å². The molecule has 0 atom stereocenters. The molecule has 0 amide bonds. The van der Waals surface area contributed by atoms with Crippen LogP contribution in [0.2, 0.25) is 0 Å². The second-order valence-electron chi connectivity index (χ2n) is 13.0. The number of benzene rings is 7. The third-order valence-corrected chi connectivity index (χ3v) is 13.1. The molecule has 7 aromatic carbocycles. The van der Waals surface area contributed by atoms with Crippen molar-refractivity contribution in [2.75, 3.05) is 14.7 Å². The van der Waals surface area contributed by atoms with Crippen LogP contribution in [0.1, 0.15) is 0 Å². The van der Waals surface area contributed by atoms with Crippen LogP contribution in [0, 0.1) is 0 Å². The quantitative estimate of drug-likeness (QED) is 0.146. The maximum Gasteiger partial charge on any atom is 0.101 e. The maximum atomic E-state index is 2.42. The van der Waals surface area contributed by atoms with Crippen LogP contribution in [0.25, 0.3) is 30.3 Å². The zero-order valence-corrected chi connectivity index (χ0v) is 31.6. The maximum absolute atomic E-state index is 2.42. The fourth-order valence-electron chi connectivity index (χ4n) is 7.24. The molecule has 258 valence electrons. The van der Waals surface area contributed by atoms with Gasteiger partial charge >= 0.3 is 0 Å². The van der Waals surface area contributed by atoms with E-state index < -0.39 is 0 Å². The fraction of sp³-hybridized carbons (Fsp3) is 0. The first-order chi connectivity index (χ1) is 26.8. The van der Waals surface area contributed by atoms with Crippen LogP contribution in [-0.2, 0) is 0 Å². The highest BCUT2D eigenvalue weighted by molar-refractivity contribution is 7.30. The Kier molecular flexibility index (Phi) is 8.41. The van der Waals surface area contributed by atoms with Gasteiger partial charge in [-0.15, -0.1) is 34.0 Å². The Morgan fingerprint density at radius 3 is 0.611 bits per heavy atom. The molecular formula is C48H33N3S3. The number of hydrogen-bond acceptors (Lipinski definition) is 6. The Labute approximate surface area is 326 Å². The molecule has 0 bridgehead atoms. The molecule has 0 radical (unpaired) electrons. The first-order valence-corrected chi connectivity index (χ1v) is 20.4. The molecule has 0 saturated carbocycles. The van der Waals surface area contributed by atoms with E-state index in [-0.39, 0.29) is 0 Å². The highest BCUT2D eigenvalue weighted by Crippen LogP contribution is 2.54. The third-order valence-electron chi connectivity index (χ3n) is 9.64. The van der Waals surface area contributed by atoms with Gasteiger partial charge in [0.05, 0.1) is 0 Å². The highest BCUT2D eigenvalue weighted by atomic mass is 32.1. The lowest BCUT2D eigenvalue weighted by atomic mass is 10.1. The van der Waals surface area contributed by atoms with E-state index in [4.69, 9.17) is 0 Å². The lowest BCUT2D eigenvalue weighted by Gasteiger charge is -2.23. The number of fused-ring (bicyclic) bond motifs is 6. The molecule has 54 heavy (non-hydrogen) atoms. The standard InChI is InChI=1S/C48H33N3S3/c1-7-19-34(20-8-1)49(35-21-9-2-10-22-35)43-31-40-46(52-43)41-32-44(50(36-23-11-3-12-24-36)37-25-13-4-14-26-37)54-48(41)42-33-45(53-47(40)42)51(38-27-15-5-16-28-38)39-29-17-6-18-30-39/h1-33H. The van der Waals surface area contributed by atoms with Crippen molar-refractivity contribution in [2.24, 2.45) is 0 Å². The molecule has 0 aliphatic heterocycles. The van der Waals surface area contributed by atoms with Crippen molar-refractivity contribution < 1.29 is 0 Å². The normalized spacial score (nSPS) is 11.3. The summed E-state index contributed by atoms with van der Waals surface area (Å²) < 4.78 is 3.90. The summed E-state index contributed by atoms with van der Waals surface area (Å²) in [5.41, 5.74) is 6.83. The molecule has 3 nitrogen and oxygen atoms in total. The molecule has 3 heterocycles. The van der Waals surface area contributed by atoms with Gasteiger partial charge < -0.3 is 14.7 Å². The van der Waals surface area contributed by atoms with Gasteiger partial charge in [0, 0.05) is 64.4 Å². The molecular weight excluding hydrogens is 715 g/mol. The Balaban J connectivity index is 1.26. The molecule has 0 saturated heterocycles. The number of para-hydroxylation sites is 6.